The lowest BCUT2D eigenvalue weighted by atomic mass is 9.47. The fourth-order valence-electron chi connectivity index (χ4n) is 8.36. The summed E-state index contributed by atoms with van der Waals surface area (Å²) in [6, 6.07) is 4.24. The Morgan fingerprint density at radius 3 is 2.56 bits per heavy atom. The van der Waals surface area contributed by atoms with E-state index < -0.39 is 6.36 Å². The number of alkyl halides is 3. The first-order valence-corrected chi connectivity index (χ1v) is 13.0. The number of aryl methyl sites for hydroxylation is 1. The van der Waals surface area contributed by atoms with Crippen LogP contribution in [0.25, 0.3) is 0 Å². The van der Waals surface area contributed by atoms with Gasteiger partial charge in [0.05, 0.1) is 0 Å². The molecule has 4 aliphatic rings. The van der Waals surface area contributed by atoms with Crippen LogP contribution in [0.3, 0.4) is 0 Å². The van der Waals surface area contributed by atoms with Crippen LogP contribution in [0.1, 0.15) is 57.9 Å². The number of hydrogen-bond donors (Lipinski definition) is 1. The van der Waals surface area contributed by atoms with Crippen molar-refractivity contribution in [1.82, 2.24) is 4.90 Å². The van der Waals surface area contributed by atoms with Gasteiger partial charge in [-0.25, -0.2) is 0 Å². The number of carbonyl (C=O) groups excluding carboxylic acids is 2. The van der Waals surface area contributed by atoms with Crippen molar-refractivity contribution < 1.29 is 27.5 Å². The molecule has 0 saturated heterocycles. The fraction of sp³-hybridized carbons (Fsp3) is 0.643. The summed E-state index contributed by atoms with van der Waals surface area (Å²) in [6.07, 6.45) is 5.02. The predicted octanol–water partition coefficient (Wildman–Crippen LogP) is 6.09. The molecule has 1 aromatic rings. The first-order valence-electron chi connectivity index (χ1n) is 13.0. The van der Waals surface area contributed by atoms with Gasteiger partial charge in [0.25, 0.3) is 0 Å². The number of halogens is 3. The Kier molecular flexibility index (Phi) is 5.95. The van der Waals surface area contributed by atoms with Gasteiger partial charge >= 0.3 is 6.36 Å². The third kappa shape index (κ3) is 4.01. The number of ether oxygens (including phenoxy) is 1. The number of anilines is 1. The molecule has 1 heterocycles. The van der Waals surface area contributed by atoms with Gasteiger partial charge in [0.2, 0.25) is 11.8 Å². The maximum Gasteiger partial charge on any atom is 0.573 e. The number of carbonyl (C=O) groups is 2. The van der Waals surface area contributed by atoms with E-state index in [0.717, 1.165) is 38.5 Å². The van der Waals surface area contributed by atoms with Crippen LogP contribution in [0.15, 0.2) is 30.4 Å². The van der Waals surface area contributed by atoms with E-state index in [1.165, 1.54) is 18.2 Å². The zero-order valence-corrected chi connectivity index (χ0v) is 21.3. The zero-order chi connectivity index (χ0) is 26.0. The second kappa shape index (κ2) is 8.52. The van der Waals surface area contributed by atoms with Gasteiger partial charge in [-0.15, -0.1) is 13.2 Å². The van der Waals surface area contributed by atoms with Crippen molar-refractivity contribution >= 4 is 17.5 Å². The second-order valence-corrected chi connectivity index (χ2v) is 11.8. The minimum Gasteiger partial charge on any atom is -0.406 e. The summed E-state index contributed by atoms with van der Waals surface area (Å²) < 4.78 is 41.6. The first kappa shape index (κ1) is 25.2. The molecule has 1 aromatic carbocycles. The van der Waals surface area contributed by atoms with Crippen LogP contribution in [-0.2, 0) is 9.59 Å². The summed E-state index contributed by atoms with van der Waals surface area (Å²) in [5.41, 5.74) is 0.901. The molecule has 3 saturated carbocycles. The van der Waals surface area contributed by atoms with Crippen LogP contribution in [0, 0.1) is 41.4 Å². The van der Waals surface area contributed by atoms with Crippen molar-refractivity contribution in [2.24, 2.45) is 34.5 Å². The molecule has 2 amide bonds. The number of rotatable bonds is 3. The van der Waals surface area contributed by atoms with Crippen molar-refractivity contribution in [3.05, 3.63) is 35.9 Å². The third-order valence-corrected chi connectivity index (χ3v) is 10.1. The fourth-order valence-corrected chi connectivity index (χ4v) is 8.36. The summed E-state index contributed by atoms with van der Waals surface area (Å²) >= 11 is 0. The van der Waals surface area contributed by atoms with Crippen LogP contribution in [0.5, 0.6) is 5.75 Å². The average molecular weight is 505 g/mol. The Bertz CT molecular complexity index is 1100. The molecule has 5 nitrogen and oxygen atoms in total. The number of amides is 2. The summed E-state index contributed by atoms with van der Waals surface area (Å²) in [4.78, 5) is 27.7. The highest BCUT2D eigenvalue weighted by atomic mass is 19.4. The molecule has 0 bridgehead atoms. The monoisotopic (exact) mass is 504 g/mol. The molecule has 8 heteroatoms. The highest BCUT2D eigenvalue weighted by Crippen LogP contribution is 2.65. The number of nitrogens with one attached hydrogen (secondary N) is 1. The van der Waals surface area contributed by atoms with Crippen LogP contribution < -0.4 is 10.1 Å². The molecular formula is C28H35F3N2O3. The number of hydrogen-bond acceptors (Lipinski definition) is 3. The Morgan fingerprint density at radius 2 is 1.86 bits per heavy atom. The lowest BCUT2D eigenvalue weighted by molar-refractivity contribution is -0.274. The van der Waals surface area contributed by atoms with Gasteiger partial charge in [-0.2, -0.15) is 0 Å². The third-order valence-electron chi connectivity index (χ3n) is 10.1. The molecule has 2 unspecified atom stereocenters. The van der Waals surface area contributed by atoms with E-state index >= 15 is 0 Å². The molecule has 0 spiro atoms. The average Bonchev–Trinajstić information content (AvgIpc) is 3.15. The van der Waals surface area contributed by atoms with E-state index in [1.54, 1.807) is 13.0 Å². The molecule has 36 heavy (non-hydrogen) atoms. The van der Waals surface area contributed by atoms with E-state index in [4.69, 9.17) is 0 Å². The van der Waals surface area contributed by atoms with E-state index in [9.17, 15) is 22.8 Å². The van der Waals surface area contributed by atoms with Gasteiger partial charge in [0.1, 0.15) is 5.75 Å². The maximum absolute atomic E-state index is 13.5. The van der Waals surface area contributed by atoms with E-state index in [1.807, 2.05) is 11.9 Å². The van der Waals surface area contributed by atoms with Gasteiger partial charge in [-0.3, -0.25) is 9.59 Å². The molecule has 5 rings (SSSR count). The molecule has 7 atom stereocenters. The lowest BCUT2D eigenvalue weighted by Crippen LogP contribution is -2.59. The molecule has 0 aromatic heterocycles. The topological polar surface area (TPSA) is 58.6 Å². The second-order valence-electron chi connectivity index (χ2n) is 11.8. The standard InChI is InChI=1S/C28H35F3N2O3/c1-16-15-17(36-28(29,30)31)5-9-22(16)32-25(35)21-8-7-19-18-6-10-23-27(3,14-12-24(34)33(23)4)20(18)11-13-26(19,21)2/h5,9,12,14-15,18-21,23H,6-8,10-11,13H2,1-4H3,(H,32,35)/t18-,19-,20+,21?,23?,26-,27+/m0/s1. The van der Waals surface area contributed by atoms with Gasteiger partial charge in [-0.1, -0.05) is 19.9 Å². The van der Waals surface area contributed by atoms with Crippen LogP contribution in [-0.4, -0.2) is 36.2 Å². The number of fused-ring (bicyclic) bond motifs is 5. The van der Waals surface area contributed by atoms with Crippen LogP contribution >= 0.6 is 0 Å². The van der Waals surface area contributed by atoms with Crippen LogP contribution in [0.4, 0.5) is 18.9 Å². The molecular weight excluding hydrogens is 469 g/mol. The van der Waals surface area contributed by atoms with Crippen molar-refractivity contribution in [3.8, 4) is 5.75 Å². The molecule has 3 fully saturated rings. The molecule has 3 aliphatic carbocycles. The van der Waals surface area contributed by atoms with Crippen LogP contribution in [0.2, 0.25) is 0 Å². The quantitative estimate of drug-likeness (QED) is 0.542. The van der Waals surface area contributed by atoms with Crippen molar-refractivity contribution in [1.29, 1.82) is 0 Å². The van der Waals surface area contributed by atoms with E-state index in [-0.39, 0.29) is 40.4 Å². The molecule has 1 N–H and O–H groups in total. The number of nitrogens with zero attached hydrogens (tertiary/aromatic N) is 1. The minimum atomic E-state index is -4.75. The maximum atomic E-state index is 13.5. The Hall–Kier alpha value is -2.51. The summed E-state index contributed by atoms with van der Waals surface area (Å²) in [7, 11) is 1.92. The summed E-state index contributed by atoms with van der Waals surface area (Å²) in [6.45, 7) is 6.24. The zero-order valence-electron chi connectivity index (χ0n) is 21.3. The normalized spacial score (nSPS) is 37.7. The Balaban J connectivity index is 1.32. The van der Waals surface area contributed by atoms with Crippen molar-refractivity contribution in [2.45, 2.75) is 71.7 Å². The molecule has 1 aliphatic heterocycles. The van der Waals surface area contributed by atoms with E-state index in [2.05, 4.69) is 30.0 Å². The lowest BCUT2D eigenvalue weighted by Gasteiger charge is -2.60. The Morgan fingerprint density at radius 1 is 1.11 bits per heavy atom. The highest BCUT2D eigenvalue weighted by Gasteiger charge is 2.61. The Labute approximate surface area is 210 Å². The minimum absolute atomic E-state index is 0.0371. The predicted molar refractivity (Wildman–Crippen MR) is 130 cm³/mol. The highest BCUT2D eigenvalue weighted by molar-refractivity contribution is 5.94. The van der Waals surface area contributed by atoms with Gasteiger partial charge in [-0.05, 0) is 98.5 Å². The first-order chi connectivity index (χ1) is 16.8. The smallest absolute Gasteiger partial charge is 0.406 e. The summed E-state index contributed by atoms with van der Waals surface area (Å²) in [5.74, 6) is 1.07. The molecule has 196 valence electrons. The molecule has 0 radical (unpaired) electrons. The van der Waals surface area contributed by atoms with Crippen molar-refractivity contribution in [3.63, 3.8) is 0 Å². The SMILES string of the molecule is Cc1cc(OC(F)(F)F)ccc1NC(=O)C1CC[C@H]2[C@@H]3CCC4N(C)C(=O)C=C[C@]4(C)[C@@H]3CC[C@]12C. The van der Waals surface area contributed by atoms with E-state index in [0.29, 0.717) is 29.0 Å². The van der Waals surface area contributed by atoms with Gasteiger partial charge < -0.3 is 15.0 Å². The largest absolute Gasteiger partial charge is 0.573 e. The number of likely N-dealkylation sites (N-methyl/N-ethyl adjacent to an activating group) is 1. The summed E-state index contributed by atoms with van der Waals surface area (Å²) in [5, 5.41) is 3.00. The van der Waals surface area contributed by atoms with Crippen molar-refractivity contribution in [2.75, 3.05) is 12.4 Å². The number of benzene rings is 1. The van der Waals surface area contributed by atoms with Gasteiger partial charge in [0.15, 0.2) is 0 Å². The van der Waals surface area contributed by atoms with Gasteiger partial charge in [0, 0.05) is 30.1 Å².